The first-order valence-electron chi connectivity index (χ1n) is 12.1. The molecule has 2 heterocycles. The summed E-state index contributed by atoms with van der Waals surface area (Å²) in [7, 11) is 0. The number of hydrogen-bond acceptors (Lipinski definition) is 3. The highest BCUT2D eigenvalue weighted by Gasteiger charge is 2.52. The maximum Gasteiger partial charge on any atom is 0.416 e. The minimum absolute atomic E-state index is 0.0586. The molecular formula is C25H34F3N3O2. The molecule has 1 aromatic rings. The summed E-state index contributed by atoms with van der Waals surface area (Å²) in [6, 6.07) is 4.87. The first-order chi connectivity index (χ1) is 15.6. The molecule has 1 spiro atoms. The van der Waals surface area contributed by atoms with E-state index in [0.29, 0.717) is 43.8 Å². The fourth-order valence-electron chi connectivity index (χ4n) is 5.69. The topological polar surface area (TPSA) is 52.7 Å². The van der Waals surface area contributed by atoms with E-state index in [1.165, 1.54) is 6.07 Å². The van der Waals surface area contributed by atoms with Crippen molar-refractivity contribution in [2.24, 2.45) is 11.8 Å². The van der Waals surface area contributed by atoms with Gasteiger partial charge in [-0.25, -0.2) is 0 Å². The third kappa shape index (κ3) is 5.05. The van der Waals surface area contributed by atoms with Crippen molar-refractivity contribution in [1.82, 2.24) is 15.1 Å². The molecule has 0 bridgehead atoms. The van der Waals surface area contributed by atoms with Crippen molar-refractivity contribution in [3.05, 3.63) is 35.4 Å². The predicted molar refractivity (Wildman–Crippen MR) is 119 cm³/mol. The van der Waals surface area contributed by atoms with Gasteiger partial charge < -0.3 is 9.80 Å². The van der Waals surface area contributed by atoms with Gasteiger partial charge >= 0.3 is 6.18 Å². The quantitative estimate of drug-likeness (QED) is 0.694. The molecule has 3 fully saturated rings. The summed E-state index contributed by atoms with van der Waals surface area (Å²) in [4.78, 5) is 30.0. The van der Waals surface area contributed by atoms with Gasteiger partial charge in [0.05, 0.1) is 17.3 Å². The molecule has 1 N–H and O–H groups in total. The third-order valence-electron chi connectivity index (χ3n) is 7.43. The number of halogens is 3. The number of nitrogens with zero attached hydrogens (tertiary/aromatic N) is 2. The molecule has 8 heteroatoms. The van der Waals surface area contributed by atoms with Crippen LogP contribution in [0.2, 0.25) is 0 Å². The molecule has 4 rings (SSSR count). The zero-order chi connectivity index (χ0) is 23.8. The summed E-state index contributed by atoms with van der Waals surface area (Å²) >= 11 is 0. The Kier molecular flexibility index (Phi) is 6.76. The van der Waals surface area contributed by atoms with E-state index in [-0.39, 0.29) is 30.3 Å². The van der Waals surface area contributed by atoms with Crippen molar-refractivity contribution in [2.45, 2.75) is 83.2 Å². The van der Waals surface area contributed by atoms with Crippen LogP contribution in [-0.4, -0.2) is 46.4 Å². The molecule has 2 saturated heterocycles. The average molecular weight is 466 g/mol. The van der Waals surface area contributed by atoms with E-state index in [1.54, 1.807) is 11.0 Å². The molecule has 33 heavy (non-hydrogen) atoms. The lowest BCUT2D eigenvalue weighted by Crippen LogP contribution is -2.59. The van der Waals surface area contributed by atoms with Crippen molar-refractivity contribution in [2.75, 3.05) is 13.1 Å². The van der Waals surface area contributed by atoms with Gasteiger partial charge in [-0.1, -0.05) is 38.8 Å². The molecule has 2 amide bonds. The lowest BCUT2D eigenvalue weighted by atomic mass is 9.93. The maximum absolute atomic E-state index is 13.4. The number of hydrogen-bond donors (Lipinski definition) is 1. The molecule has 0 radical (unpaired) electrons. The van der Waals surface area contributed by atoms with E-state index in [4.69, 9.17) is 0 Å². The summed E-state index contributed by atoms with van der Waals surface area (Å²) < 4.78 is 39.7. The van der Waals surface area contributed by atoms with Gasteiger partial charge in [-0.2, -0.15) is 13.2 Å². The van der Waals surface area contributed by atoms with Crippen LogP contribution in [0.4, 0.5) is 13.2 Å². The largest absolute Gasteiger partial charge is 0.416 e. The standard InChI is InChI=1S/C25H34F3N3O2/c1-17(2)14-21-23(33)31(16-18-6-5-9-20(15-18)25(26,27)28)24(29-21)10-12-30(13-11-24)22(32)19-7-3-4-8-19/h5-6,9,15,17,19,21,29H,3-4,7-8,10-14,16H2,1-2H3. The molecule has 1 aliphatic carbocycles. The number of nitrogens with one attached hydrogen (secondary N) is 1. The molecule has 2 aliphatic heterocycles. The van der Waals surface area contributed by atoms with Gasteiger partial charge in [-0.3, -0.25) is 14.9 Å². The molecule has 3 aliphatic rings. The van der Waals surface area contributed by atoms with Crippen molar-refractivity contribution in [1.29, 1.82) is 0 Å². The van der Waals surface area contributed by atoms with Crippen molar-refractivity contribution >= 4 is 11.8 Å². The van der Waals surface area contributed by atoms with Crippen LogP contribution in [-0.2, 0) is 22.3 Å². The Morgan fingerprint density at radius 1 is 1.18 bits per heavy atom. The average Bonchev–Trinajstić information content (AvgIpc) is 3.37. The molecule has 182 valence electrons. The molecule has 1 aromatic carbocycles. The van der Waals surface area contributed by atoms with Crippen LogP contribution >= 0.6 is 0 Å². The SMILES string of the molecule is CC(C)CC1NC2(CCN(C(=O)C3CCCC3)CC2)N(Cc2cccc(C(F)(F)F)c2)C1=O. The highest BCUT2D eigenvalue weighted by molar-refractivity contribution is 5.85. The number of alkyl halides is 3. The lowest BCUT2D eigenvalue weighted by Gasteiger charge is -2.45. The first-order valence-corrected chi connectivity index (χ1v) is 12.1. The van der Waals surface area contributed by atoms with Gasteiger partial charge in [0.15, 0.2) is 0 Å². The number of benzene rings is 1. The van der Waals surface area contributed by atoms with E-state index in [0.717, 1.165) is 37.8 Å². The lowest BCUT2D eigenvalue weighted by molar-refractivity contribution is -0.140. The van der Waals surface area contributed by atoms with Gasteiger partial charge in [0.1, 0.15) is 0 Å². The van der Waals surface area contributed by atoms with Crippen molar-refractivity contribution in [3.8, 4) is 0 Å². The summed E-state index contributed by atoms with van der Waals surface area (Å²) in [6.07, 6.45) is 1.54. The Hall–Kier alpha value is -2.09. The highest BCUT2D eigenvalue weighted by atomic mass is 19.4. The minimum Gasteiger partial charge on any atom is -0.342 e. The third-order valence-corrected chi connectivity index (χ3v) is 7.43. The summed E-state index contributed by atoms with van der Waals surface area (Å²) in [5, 5.41) is 3.55. The Bertz CT molecular complexity index is 872. The van der Waals surface area contributed by atoms with Crippen LogP contribution in [0, 0.1) is 11.8 Å². The van der Waals surface area contributed by atoms with Crippen LogP contribution in [0.15, 0.2) is 24.3 Å². The van der Waals surface area contributed by atoms with Crippen LogP contribution in [0.3, 0.4) is 0 Å². The van der Waals surface area contributed by atoms with Gasteiger partial charge in [0.2, 0.25) is 11.8 Å². The van der Waals surface area contributed by atoms with Crippen molar-refractivity contribution in [3.63, 3.8) is 0 Å². The number of rotatable bonds is 5. The smallest absolute Gasteiger partial charge is 0.342 e. The first kappa shape index (κ1) is 24.0. The number of carbonyl (C=O) groups is 2. The van der Waals surface area contributed by atoms with E-state index >= 15 is 0 Å². The van der Waals surface area contributed by atoms with Crippen LogP contribution in [0.1, 0.15) is 69.9 Å². The molecule has 0 aromatic heterocycles. The van der Waals surface area contributed by atoms with Crippen molar-refractivity contribution < 1.29 is 22.8 Å². The zero-order valence-electron chi connectivity index (χ0n) is 19.5. The molecular weight excluding hydrogens is 431 g/mol. The minimum atomic E-state index is -4.42. The van der Waals surface area contributed by atoms with E-state index in [1.807, 2.05) is 4.90 Å². The van der Waals surface area contributed by atoms with E-state index in [9.17, 15) is 22.8 Å². The van der Waals surface area contributed by atoms with E-state index in [2.05, 4.69) is 19.2 Å². The second-order valence-corrected chi connectivity index (χ2v) is 10.3. The molecule has 1 saturated carbocycles. The Balaban J connectivity index is 1.53. The van der Waals surface area contributed by atoms with Crippen LogP contribution in [0.25, 0.3) is 0 Å². The molecule has 1 atom stereocenters. The fourth-order valence-corrected chi connectivity index (χ4v) is 5.69. The maximum atomic E-state index is 13.4. The Morgan fingerprint density at radius 2 is 1.85 bits per heavy atom. The zero-order valence-corrected chi connectivity index (χ0v) is 19.5. The normalized spacial score (nSPS) is 23.8. The van der Waals surface area contributed by atoms with E-state index < -0.39 is 17.4 Å². The summed E-state index contributed by atoms with van der Waals surface area (Å²) in [5.41, 5.74) is -0.865. The monoisotopic (exact) mass is 465 g/mol. The Morgan fingerprint density at radius 3 is 2.45 bits per heavy atom. The van der Waals surface area contributed by atoms with Crippen LogP contribution < -0.4 is 5.32 Å². The second kappa shape index (κ2) is 9.28. The highest BCUT2D eigenvalue weighted by Crippen LogP contribution is 2.37. The number of amides is 2. The summed E-state index contributed by atoms with van der Waals surface area (Å²) in [5.74, 6) is 0.583. The summed E-state index contributed by atoms with van der Waals surface area (Å²) in [6.45, 7) is 5.35. The number of carbonyl (C=O) groups excluding carboxylic acids is 2. The number of piperidine rings is 1. The predicted octanol–water partition coefficient (Wildman–Crippen LogP) is 4.56. The fraction of sp³-hybridized carbons (Fsp3) is 0.680. The second-order valence-electron chi connectivity index (χ2n) is 10.3. The van der Waals surface area contributed by atoms with Gasteiger partial charge in [-0.05, 0) is 42.9 Å². The number of likely N-dealkylation sites (tertiary alicyclic amines) is 1. The van der Waals surface area contributed by atoms with Gasteiger partial charge in [0.25, 0.3) is 0 Å². The van der Waals surface area contributed by atoms with Gasteiger partial charge in [0, 0.05) is 38.4 Å². The molecule has 5 nitrogen and oxygen atoms in total. The molecule has 1 unspecified atom stereocenters. The van der Waals surface area contributed by atoms with Gasteiger partial charge in [-0.15, -0.1) is 0 Å². The van der Waals surface area contributed by atoms with Crippen LogP contribution in [0.5, 0.6) is 0 Å². The Labute approximate surface area is 193 Å².